The number of anilines is 1. The number of nitrogens with one attached hydrogen (secondary N) is 2. The van der Waals surface area contributed by atoms with Crippen molar-refractivity contribution in [1.29, 1.82) is 0 Å². The van der Waals surface area contributed by atoms with E-state index in [0.29, 0.717) is 16.4 Å². The number of carbonyl (C=O) groups is 1. The molecule has 6 nitrogen and oxygen atoms in total. The zero-order valence-corrected chi connectivity index (χ0v) is 18.2. The Kier molecular flexibility index (Phi) is 5.45. The minimum Gasteiger partial charge on any atom is -0.298 e. The van der Waals surface area contributed by atoms with Crippen LogP contribution in [-0.4, -0.2) is 21.1 Å². The maximum Gasteiger partial charge on any atom is 0.277 e. The number of rotatable bonds is 5. The van der Waals surface area contributed by atoms with E-state index in [2.05, 4.69) is 20.5 Å². The third-order valence-electron chi connectivity index (χ3n) is 4.82. The molecule has 2 N–H and O–H groups in total. The maximum absolute atomic E-state index is 13.3. The summed E-state index contributed by atoms with van der Waals surface area (Å²) in [6, 6.07) is 22.7. The van der Waals surface area contributed by atoms with Gasteiger partial charge >= 0.3 is 0 Å². The molecule has 0 saturated carbocycles. The highest BCUT2D eigenvalue weighted by Crippen LogP contribution is 2.33. The van der Waals surface area contributed by atoms with Crippen LogP contribution in [-0.2, 0) is 0 Å². The van der Waals surface area contributed by atoms with Crippen LogP contribution < -0.4 is 10.9 Å². The molecule has 1 amide bonds. The number of aromatic amines is 1. The molecular weight excluding hydrogens is 440 g/mol. The molecular formula is C24H16N4O2S2. The number of aromatic nitrogens is 3. The average molecular weight is 457 g/mol. The minimum absolute atomic E-state index is 0.00192. The van der Waals surface area contributed by atoms with Crippen LogP contribution in [0.2, 0.25) is 0 Å². The molecule has 3 heterocycles. The molecule has 5 aromatic rings. The lowest BCUT2D eigenvalue weighted by Gasteiger charge is -2.13. The summed E-state index contributed by atoms with van der Waals surface area (Å²) in [5.41, 5.74) is 2.76. The van der Waals surface area contributed by atoms with E-state index >= 15 is 0 Å². The van der Waals surface area contributed by atoms with Gasteiger partial charge in [-0.1, -0.05) is 66.7 Å². The topological polar surface area (TPSA) is 87.7 Å². The Hall–Kier alpha value is -3.88. The van der Waals surface area contributed by atoms with Crippen LogP contribution in [0.3, 0.4) is 0 Å². The number of thiophene rings is 1. The van der Waals surface area contributed by atoms with Gasteiger partial charge in [0.2, 0.25) is 0 Å². The second-order valence-corrected chi connectivity index (χ2v) is 8.66. The van der Waals surface area contributed by atoms with Gasteiger partial charge in [-0.05, 0) is 17.0 Å². The zero-order valence-electron chi connectivity index (χ0n) is 16.6. The van der Waals surface area contributed by atoms with Crippen LogP contribution in [0.15, 0.2) is 88.4 Å². The standard InChI is InChI=1S/C24H16N4O2S2/c29-22(26-24-25-17(14-32-24)18-12-7-13-31-18)20-19(15-8-3-1-4-9-15)21(27-28-23(20)30)16-10-5-2-6-11-16/h1-14H,(H,28,30)(H,25,26,29). The van der Waals surface area contributed by atoms with Gasteiger partial charge in [-0.2, -0.15) is 5.10 Å². The summed E-state index contributed by atoms with van der Waals surface area (Å²) in [7, 11) is 0. The number of carbonyl (C=O) groups excluding carboxylic acids is 1. The van der Waals surface area contributed by atoms with E-state index in [1.807, 2.05) is 83.6 Å². The van der Waals surface area contributed by atoms with E-state index in [4.69, 9.17) is 0 Å². The predicted molar refractivity (Wildman–Crippen MR) is 129 cm³/mol. The highest BCUT2D eigenvalue weighted by Gasteiger charge is 2.23. The fraction of sp³-hybridized carbons (Fsp3) is 0. The van der Waals surface area contributed by atoms with Crippen molar-refractivity contribution in [3.05, 3.63) is 99.5 Å². The van der Waals surface area contributed by atoms with Crippen LogP contribution in [0.5, 0.6) is 0 Å². The van der Waals surface area contributed by atoms with Crippen molar-refractivity contribution >= 4 is 33.7 Å². The molecule has 2 aromatic carbocycles. The number of H-pyrrole nitrogens is 1. The van der Waals surface area contributed by atoms with E-state index in [0.717, 1.165) is 21.7 Å². The Balaban J connectivity index is 1.60. The molecule has 0 aliphatic carbocycles. The summed E-state index contributed by atoms with van der Waals surface area (Å²) < 4.78 is 0. The Labute approximate surface area is 191 Å². The van der Waals surface area contributed by atoms with Gasteiger partial charge in [0.15, 0.2) is 5.13 Å². The van der Waals surface area contributed by atoms with Gasteiger partial charge < -0.3 is 0 Å². The maximum atomic E-state index is 13.3. The molecule has 0 bridgehead atoms. The number of nitrogens with zero attached hydrogens (tertiary/aromatic N) is 2. The lowest BCUT2D eigenvalue weighted by Crippen LogP contribution is -2.26. The van der Waals surface area contributed by atoms with Gasteiger partial charge in [0.25, 0.3) is 11.5 Å². The Morgan fingerprint density at radius 1 is 0.875 bits per heavy atom. The van der Waals surface area contributed by atoms with Crippen LogP contribution in [0, 0.1) is 0 Å². The van der Waals surface area contributed by atoms with Gasteiger partial charge in [0, 0.05) is 16.5 Å². The fourth-order valence-electron chi connectivity index (χ4n) is 3.39. The summed E-state index contributed by atoms with van der Waals surface area (Å²) in [4.78, 5) is 31.7. The second-order valence-electron chi connectivity index (χ2n) is 6.85. The number of amides is 1. The molecule has 0 aliphatic heterocycles. The number of hydrogen-bond donors (Lipinski definition) is 2. The quantitative estimate of drug-likeness (QED) is 0.363. The van der Waals surface area contributed by atoms with E-state index < -0.39 is 11.5 Å². The largest absolute Gasteiger partial charge is 0.298 e. The van der Waals surface area contributed by atoms with Crippen molar-refractivity contribution in [2.75, 3.05) is 5.32 Å². The van der Waals surface area contributed by atoms with E-state index in [1.54, 1.807) is 11.3 Å². The fourth-order valence-corrected chi connectivity index (χ4v) is 4.85. The number of thiazole rings is 1. The molecule has 156 valence electrons. The lowest BCUT2D eigenvalue weighted by molar-refractivity contribution is 0.102. The van der Waals surface area contributed by atoms with Crippen molar-refractivity contribution in [3.8, 4) is 33.0 Å². The van der Waals surface area contributed by atoms with Gasteiger partial charge in [-0.15, -0.1) is 22.7 Å². The molecule has 0 saturated heterocycles. The molecule has 0 spiro atoms. The smallest absolute Gasteiger partial charge is 0.277 e. The first-order valence-electron chi connectivity index (χ1n) is 9.75. The van der Waals surface area contributed by atoms with Gasteiger partial charge in [0.05, 0.1) is 16.3 Å². The average Bonchev–Trinajstić information content (AvgIpc) is 3.52. The van der Waals surface area contributed by atoms with Crippen LogP contribution in [0.25, 0.3) is 33.0 Å². The monoisotopic (exact) mass is 456 g/mol. The summed E-state index contributed by atoms with van der Waals surface area (Å²) in [5, 5.41) is 13.8. The Morgan fingerprint density at radius 3 is 2.28 bits per heavy atom. The van der Waals surface area contributed by atoms with Crippen molar-refractivity contribution in [2.24, 2.45) is 0 Å². The molecule has 0 fully saturated rings. The molecule has 0 atom stereocenters. The molecule has 3 aromatic heterocycles. The van der Waals surface area contributed by atoms with Gasteiger partial charge in [-0.3, -0.25) is 14.9 Å². The Bertz CT molecular complexity index is 1430. The van der Waals surface area contributed by atoms with Crippen LogP contribution in [0.4, 0.5) is 5.13 Å². The van der Waals surface area contributed by atoms with E-state index in [1.165, 1.54) is 11.3 Å². The minimum atomic E-state index is -0.559. The van der Waals surface area contributed by atoms with Gasteiger partial charge in [-0.25, -0.2) is 10.1 Å². The third-order valence-corrected chi connectivity index (χ3v) is 6.47. The van der Waals surface area contributed by atoms with Crippen molar-refractivity contribution < 1.29 is 4.79 Å². The lowest BCUT2D eigenvalue weighted by atomic mass is 9.95. The summed E-state index contributed by atoms with van der Waals surface area (Å²) >= 11 is 2.89. The normalized spacial score (nSPS) is 10.8. The summed E-state index contributed by atoms with van der Waals surface area (Å²) in [5.74, 6) is -0.531. The summed E-state index contributed by atoms with van der Waals surface area (Å²) in [6.07, 6.45) is 0. The highest BCUT2D eigenvalue weighted by molar-refractivity contribution is 7.16. The van der Waals surface area contributed by atoms with Crippen LogP contribution >= 0.6 is 22.7 Å². The second kappa shape index (κ2) is 8.70. The molecule has 0 unspecified atom stereocenters. The van der Waals surface area contributed by atoms with Crippen molar-refractivity contribution in [2.45, 2.75) is 0 Å². The molecule has 5 rings (SSSR count). The molecule has 0 radical (unpaired) electrons. The van der Waals surface area contributed by atoms with Crippen LogP contribution in [0.1, 0.15) is 10.4 Å². The first kappa shape index (κ1) is 20.0. The molecule has 8 heteroatoms. The SMILES string of the molecule is O=C(Nc1nc(-c2cccs2)cs1)c1c(-c2ccccc2)c(-c2ccccc2)n[nH]c1=O. The first-order chi connectivity index (χ1) is 15.7. The number of benzene rings is 2. The molecule has 0 aliphatic rings. The van der Waals surface area contributed by atoms with Crippen molar-refractivity contribution in [3.63, 3.8) is 0 Å². The highest BCUT2D eigenvalue weighted by atomic mass is 32.1. The Morgan fingerprint density at radius 2 is 1.59 bits per heavy atom. The third kappa shape index (κ3) is 3.89. The van der Waals surface area contributed by atoms with E-state index in [9.17, 15) is 9.59 Å². The van der Waals surface area contributed by atoms with E-state index in [-0.39, 0.29) is 5.56 Å². The van der Waals surface area contributed by atoms with Gasteiger partial charge in [0.1, 0.15) is 5.56 Å². The zero-order chi connectivity index (χ0) is 21.9. The number of hydrogen-bond acceptors (Lipinski definition) is 6. The first-order valence-corrected chi connectivity index (χ1v) is 11.5. The molecule has 32 heavy (non-hydrogen) atoms. The summed E-state index contributed by atoms with van der Waals surface area (Å²) in [6.45, 7) is 0. The van der Waals surface area contributed by atoms with Crippen molar-refractivity contribution in [1.82, 2.24) is 15.2 Å². The predicted octanol–water partition coefficient (Wildman–Crippen LogP) is 5.54.